The second-order valence-corrected chi connectivity index (χ2v) is 4.11. The molecule has 0 spiro atoms. The van der Waals surface area contributed by atoms with Crippen molar-refractivity contribution in [3.63, 3.8) is 0 Å². The van der Waals surface area contributed by atoms with Crippen molar-refractivity contribution in [2.24, 2.45) is 5.73 Å². The van der Waals surface area contributed by atoms with E-state index in [1.54, 1.807) is 0 Å². The molecule has 0 amide bonds. The molecular weight excluding hydrogens is 186 g/mol. The molecule has 0 radical (unpaired) electrons. The molecule has 3 nitrogen and oxygen atoms in total. The van der Waals surface area contributed by atoms with Crippen LogP contribution in [0.25, 0.3) is 0 Å². The van der Waals surface area contributed by atoms with Gasteiger partial charge >= 0.3 is 0 Å². The molecule has 0 aromatic heterocycles. The van der Waals surface area contributed by atoms with Crippen molar-refractivity contribution < 1.29 is 0 Å². The quantitative estimate of drug-likeness (QED) is 0.514. The van der Waals surface area contributed by atoms with Crippen LogP contribution in [0, 0.1) is 5.41 Å². The molecule has 4 N–H and O–H groups in total. The van der Waals surface area contributed by atoms with E-state index in [0.29, 0.717) is 0 Å². The van der Waals surface area contributed by atoms with Crippen molar-refractivity contribution in [1.82, 2.24) is 5.32 Å². The van der Waals surface area contributed by atoms with Crippen LogP contribution in [-0.2, 0) is 6.42 Å². The Labute approximate surface area is 90.2 Å². The third-order valence-corrected chi connectivity index (χ3v) is 2.76. The number of rotatable bonds is 4. The fraction of sp³-hybridized carbons (Fsp3) is 0.417. The number of nitrogens with one attached hydrogen (secondary N) is 2. The van der Waals surface area contributed by atoms with Crippen LogP contribution in [0.1, 0.15) is 29.9 Å². The summed E-state index contributed by atoms with van der Waals surface area (Å²) in [6.45, 7) is 0.734. The molecule has 0 atom stereocenters. The highest BCUT2D eigenvalue weighted by molar-refractivity contribution is 5.74. The first-order valence-electron chi connectivity index (χ1n) is 5.42. The lowest BCUT2D eigenvalue weighted by atomic mass is 10.1. The number of nitrogens with two attached hydrogens (primary N) is 1. The van der Waals surface area contributed by atoms with Crippen LogP contribution in [-0.4, -0.2) is 12.5 Å². The van der Waals surface area contributed by atoms with Crippen LogP contribution in [0.4, 0.5) is 0 Å². The Kier molecular flexibility index (Phi) is 2.90. The smallest absolute Gasteiger partial charge is 0.185 e. The number of benzene rings is 1. The van der Waals surface area contributed by atoms with E-state index in [-0.39, 0.29) is 5.96 Å². The van der Waals surface area contributed by atoms with Gasteiger partial charge in [0.15, 0.2) is 5.96 Å². The highest BCUT2D eigenvalue weighted by Crippen LogP contribution is 2.39. The molecule has 1 aromatic rings. The molecule has 15 heavy (non-hydrogen) atoms. The van der Waals surface area contributed by atoms with E-state index in [9.17, 15) is 0 Å². The van der Waals surface area contributed by atoms with Gasteiger partial charge in [-0.2, -0.15) is 0 Å². The molecule has 0 saturated heterocycles. The van der Waals surface area contributed by atoms with E-state index < -0.39 is 0 Å². The lowest BCUT2D eigenvalue weighted by Gasteiger charge is -2.04. The SMILES string of the molecule is N=C(N)NCCc1ccc(C2CC2)cc1. The van der Waals surface area contributed by atoms with Crippen LogP contribution < -0.4 is 11.1 Å². The largest absolute Gasteiger partial charge is 0.370 e. The molecule has 0 aliphatic heterocycles. The van der Waals surface area contributed by atoms with Crippen LogP contribution in [0.3, 0.4) is 0 Å². The fourth-order valence-electron chi connectivity index (χ4n) is 1.71. The molecule has 3 heteroatoms. The normalized spacial score (nSPS) is 14.9. The maximum Gasteiger partial charge on any atom is 0.185 e. The summed E-state index contributed by atoms with van der Waals surface area (Å²) in [5.74, 6) is 0.874. The highest BCUT2D eigenvalue weighted by atomic mass is 15.0. The van der Waals surface area contributed by atoms with Gasteiger partial charge in [0.05, 0.1) is 0 Å². The minimum Gasteiger partial charge on any atom is -0.370 e. The van der Waals surface area contributed by atoms with Gasteiger partial charge in [-0.1, -0.05) is 24.3 Å². The van der Waals surface area contributed by atoms with E-state index in [1.807, 2.05) is 0 Å². The Balaban J connectivity index is 1.83. The summed E-state index contributed by atoms with van der Waals surface area (Å²) in [6.07, 6.45) is 3.63. The monoisotopic (exact) mass is 203 g/mol. The summed E-state index contributed by atoms with van der Waals surface area (Å²) < 4.78 is 0. The summed E-state index contributed by atoms with van der Waals surface area (Å²) >= 11 is 0. The Hall–Kier alpha value is -1.51. The van der Waals surface area contributed by atoms with Crippen molar-refractivity contribution in [3.8, 4) is 0 Å². The van der Waals surface area contributed by atoms with E-state index in [0.717, 1.165) is 18.9 Å². The van der Waals surface area contributed by atoms with E-state index in [2.05, 4.69) is 29.6 Å². The first-order valence-corrected chi connectivity index (χ1v) is 5.42. The summed E-state index contributed by atoms with van der Waals surface area (Å²) in [5, 5.41) is 9.83. The third kappa shape index (κ3) is 2.98. The van der Waals surface area contributed by atoms with Gasteiger partial charge in [-0.25, -0.2) is 0 Å². The van der Waals surface area contributed by atoms with Crippen molar-refractivity contribution >= 4 is 5.96 Å². The number of guanidine groups is 1. The molecule has 1 saturated carbocycles. The Bertz CT molecular complexity index is 338. The topological polar surface area (TPSA) is 61.9 Å². The van der Waals surface area contributed by atoms with Gasteiger partial charge in [0.25, 0.3) is 0 Å². The Morgan fingerprint density at radius 3 is 2.53 bits per heavy atom. The van der Waals surface area contributed by atoms with Crippen molar-refractivity contribution in [3.05, 3.63) is 35.4 Å². The average molecular weight is 203 g/mol. The van der Waals surface area contributed by atoms with Gasteiger partial charge in [-0.15, -0.1) is 0 Å². The lowest BCUT2D eigenvalue weighted by molar-refractivity contribution is 0.853. The van der Waals surface area contributed by atoms with Crippen molar-refractivity contribution in [2.75, 3.05) is 6.54 Å². The maximum atomic E-state index is 7.03. The third-order valence-electron chi connectivity index (χ3n) is 2.76. The first kappa shape index (κ1) is 10.0. The zero-order chi connectivity index (χ0) is 10.7. The van der Waals surface area contributed by atoms with Gasteiger partial charge < -0.3 is 11.1 Å². The molecule has 0 heterocycles. The van der Waals surface area contributed by atoms with Gasteiger partial charge in [0.1, 0.15) is 0 Å². The summed E-state index contributed by atoms with van der Waals surface area (Å²) in [5.41, 5.74) is 7.97. The van der Waals surface area contributed by atoms with Crippen molar-refractivity contribution in [1.29, 1.82) is 5.41 Å². The molecule has 0 unspecified atom stereocenters. The lowest BCUT2D eigenvalue weighted by Crippen LogP contribution is -2.31. The molecule has 1 aliphatic rings. The summed E-state index contributed by atoms with van der Waals surface area (Å²) in [4.78, 5) is 0. The molecule has 2 rings (SSSR count). The van der Waals surface area contributed by atoms with Crippen LogP contribution >= 0.6 is 0 Å². The standard InChI is InChI=1S/C12H17N3/c13-12(14)15-8-7-9-1-3-10(4-2-9)11-5-6-11/h1-4,11H,5-8H2,(H4,13,14,15). The minimum absolute atomic E-state index is 0.0459. The maximum absolute atomic E-state index is 7.03. The van der Waals surface area contributed by atoms with Crippen LogP contribution in [0.15, 0.2) is 24.3 Å². The van der Waals surface area contributed by atoms with Crippen LogP contribution in [0.5, 0.6) is 0 Å². The number of hydrogen-bond donors (Lipinski definition) is 3. The zero-order valence-electron chi connectivity index (χ0n) is 8.79. The fourth-order valence-corrected chi connectivity index (χ4v) is 1.71. The predicted octanol–water partition coefficient (Wildman–Crippen LogP) is 1.59. The van der Waals surface area contributed by atoms with E-state index in [1.165, 1.54) is 24.0 Å². The van der Waals surface area contributed by atoms with Crippen LogP contribution in [0.2, 0.25) is 0 Å². The molecule has 0 bridgehead atoms. The Morgan fingerprint density at radius 2 is 2.00 bits per heavy atom. The van der Waals surface area contributed by atoms with Gasteiger partial charge in [-0.05, 0) is 36.3 Å². The minimum atomic E-state index is 0.0459. The van der Waals surface area contributed by atoms with E-state index >= 15 is 0 Å². The van der Waals surface area contributed by atoms with Gasteiger partial charge in [0.2, 0.25) is 0 Å². The Morgan fingerprint density at radius 1 is 1.33 bits per heavy atom. The zero-order valence-corrected chi connectivity index (χ0v) is 8.79. The van der Waals surface area contributed by atoms with Gasteiger partial charge in [0, 0.05) is 6.54 Å². The second-order valence-electron chi connectivity index (χ2n) is 4.11. The summed E-state index contributed by atoms with van der Waals surface area (Å²) in [6, 6.07) is 8.80. The molecule has 80 valence electrons. The molecule has 1 aromatic carbocycles. The highest BCUT2D eigenvalue weighted by Gasteiger charge is 2.22. The first-order chi connectivity index (χ1) is 7.25. The van der Waals surface area contributed by atoms with Crippen molar-refractivity contribution in [2.45, 2.75) is 25.2 Å². The summed E-state index contributed by atoms with van der Waals surface area (Å²) in [7, 11) is 0. The predicted molar refractivity (Wildman–Crippen MR) is 62.0 cm³/mol. The second kappa shape index (κ2) is 4.34. The molecule has 1 aliphatic carbocycles. The number of hydrogen-bond acceptors (Lipinski definition) is 1. The molecular formula is C12H17N3. The van der Waals surface area contributed by atoms with E-state index in [4.69, 9.17) is 11.1 Å². The average Bonchev–Trinajstić information content (AvgIpc) is 3.02. The van der Waals surface area contributed by atoms with Gasteiger partial charge in [-0.3, -0.25) is 5.41 Å². The molecule has 1 fully saturated rings.